The van der Waals surface area contributed by atoms with Crippen molar-refractivity contribution in [1.29, 1.82) is 0 Å². The summed E-state index contributed by atoms with van der Waals surface area (Å²) in [5.74, 6) is 0. The SMILES string of the molecule is [Ir].[c-]1snc2c1c1ncccc1c1ccccc12. The van der Waals surface area contributed by atoms with Gasteiger partial charge in [-0.05, 0) is 33.3 Å². The van der Waals surface area contributed by atoms with E-state index in [1.807, 2.05) is 18.3 Å². The van der Waals surface area contributed by atoms with E-state index in [2.05, 4.69) is 39.0 Å². The number of fused-ring (bicyclic) bond motifs is 6. The van der Waals surface area contributed by atoms with E-state index in [1.54, 1.807) is 0 Å². The summed E-state index contributed by atoms with van der Waals surface area (Å²) in [5.41, 5.74) is 2.01. The normalized spacial score (nSPS) is 10.9. The van der Waals surface area contributed by atoms with Gasteiger partial charge in [-0.25, -0.2) is 0 Å². The van der Waals surface area contributed by atoms with Gasteiger partial charge in [0.15, 0.2) is 0 Å². The van der Waals surface area contributed by atoms with Crippen molar-refractivity contribution in [3.05, 3.63) is 48.0 Å². The van der Waals surface area contributed by atoms with Crippen LogP contribution in [-0.2, 0) is 20.1 Å². The number of hydrogen-bond donors (Lipinski definition) is 0. The van der Waals surface area contributed by atoms with Crippen molar-refractivity contribution in [2.24, 2.45) is 0 Å². The second-order valence-electron chi connectivity index (χ2n) is 3.95. The summed E-state index contributed by atoms with van der Waals surface area (Å²) in [6, 6.07) is 12.4. The second kappa shape index (κ2) is 4.39. The average Bonchev–Trinajstić information content (AvgIpc) is 2.89. The van der Waals surface area contributed by atoms with E-state index in [9.17, 15) is 0 Å². The van der Waals surface area contributed by atoms with Crippen molar-refractivity contribution < 1.29 is 20.1 Å². The first-order valence-corrected chi connectivity index (χ1v) is 6.15. The van der Waals surface area contributed by atoms with Gasteiger partial charge in [-0.2, -0.15) is 0 Å². The van der Waals surface area contributed by atoms with Crippen molar-refractivity contribution in [2.45, 2.75) is 0 Å². The van der Waals surface area contributed by atoms with Gasteiger partial charge in [0.2, 0.25) is 0 Å². The molecule has 89 valence electrons. The molecule has 2 heterocycles. The van der Waals surface area contributed by atoms with Crippen molar-refractivity contribution >= 4 is 44.1 Å². The molecule has 0 saturated heterocycles. The maximum absolute atomic E-state index is 4.47. The molecule has 2 aromatic heterocycles. The molecule has 0 amide bonds. The molecule has 0 aliphatic rings. The third-order valence-electron chi connectivity index (χ3n) is 3.04. The molecule has 2 aromatic carbocycles. The largest absolute Gasteiger partial charge is 0.320 e. The van der Waals surface area contributed by atoms with Crippen LogP contribution in [0.3, 0.4) is 0 Å². The van der Waals surface area contributed by atoms with Crippen LogP contribution in [0.2, 0.25) is 0 Å². The minimum atomic E-state index is 0. The maximum atomic E-state index is 4.47. The molecule has 4 rings (SSSR count). The van der Waals surface area contributed by atoms with Gasteiger partial charge in [0.25, 0.3) is 0 Å². The van der Waals surface area contributed by atoms with E-state index >= 15 is 0 Å². The van der Waals surface area contributed by atoms with Crippen molar-refractivity contribution in [3.8, 4) is 0 Å². The smallest absolute Gasteiger partial charge is 0.0124 e. The van der Waals surface area contributed by atoms with Gasteiger partial charge in [0.05, 0.1) is 0 Å². The number of aromatic nitrogens is 2. The molecule has 0 aliphatic carbocycles. The van der Waals surface area contributed by atoms with Crippen LogP contribution in [0.1, 0.15) is 0 Å². The second-order valence-corrected chi connectivity index (χ2v) is 4.52. The van der Waals surface area contributed by atoms with E-state index in [4.69, 9.17) is 0 Å². The Morgan fingerprint density at radius 1 is 0.889 bits per heavy atom. The van der Waals surface area contributed by atoms with E-state index in [1.165, 1.54) is 27.7 Å². The van der Waals surface area contributed by atoms with Crippen LogP contribution in [0.15, 0.2) is 42.6 Å². The zero-order chi connectivity index (χ0) is 11.2. The molecular weight excluding hydrogens is 420 g/mol. The van der Waals surface area contributed by atoms with Gasteiger partial charge in [0, 0.05) is 26.3 Å². The fourth-order valence-electron chi connectivity index (χ4n) is 2.30. The van der Waals surface area contributed by atoms with Gasteiger partial charge in [-0.3, -0.25) is 4.37 Å². The number of nitrogens with zero attached hydrogens (tertiary/aromatic N) is 2. The summed E-state index contributed by atoms with van der Waals surface area (Å²) < 4.78 is 4.44. The Kier molecular flexibility index (Phi) is 2.86. The molecule has 0 saturated carbocycles. The van der Waals surface area contributed by atoms with E-state index in [0.717, 1.165) is 16.4 Å². The minimum Gasteiger partial charge on any atom is -0.320 e. The molecular formula is C14H7IrN2S-. The van der Waals surface area contributed by atoms with Gasteiger partial charge in [-0.1, -0.05) is 35.7 Å². The van der Waals surface area contributed by atoms with Gasteiger partial charge < -0.3 is 4.98 Å². The number of pyridine rings is 1. The predicted molar refractivity (Wildman–Crippen MR) is 71.3 cm³/mol. The predicted octanol–water partition coefficient (Wildman–Crippen LogP) is 3.80. The first-order valence-electron chi connectivity index (χ1n) is 5.37. The summed E-state index contributed by atoms with van der Waals surface area (Å²) in [5, 5.41) is 7.82. The zero-order valence-electron chi connectivity index (χ0n) is 9.18. The number of hydrogen-bond acceptors (Lipinski definition) is 3. The summed E-state index contributed by atoms with van der Waals surface area (Å²) in [7, 11) is 0. The quantitative estimate of drug-likeness (QED) is 0.315. The average molecular weight is 428 g/mol. The first-order chi connectivity index (χ1) is 8.45. The first kappa shape index (κ1) is 11.7. The Morgan fingerprint density at radius 3 is 2.50 bits per heavy atom. The number of benzene rings is 2. The molecule has 18 heavy (non-hydrogen) atoms. The topological polar surface area (TPSA) is 25.8 Å². The van der Waals surface area contributed by atoms with E-state index in [-0.39, 0.29) is 20.1 Å². The van der Waals surface area contributed by atoms with Crippen LogP contribution in [0.5, 0.6) is 0 Å². The summed E-state index contributed by atoms with van der Waals surface area (Å²) in [4.78, 5) is 4.47. The van der Waals surface area contributed by atoms with E-state index < -0.39 is 0 Å². The molecule has 4 aromatic rings. The molecule has 0 fully saturated rings. The Hall–Kier alpha value is -1.35. The van der Waals surface area contributed by atoms with Gasteiger partial charge >= 0.3 is 0 Å². The number of rotatable bonds is 0. The van der Waals surface area contributed by atoms with Gasteiger partial charge in [0.1, 0.15) is 0 Å². The maximum Gasteiger partial charge on any atom is 0.0124 e. The fraction of sp³-hybridized carbons (Fsp3) is 0. The van der Waals surface area contributed by atoms with Crippen molar-refractivity contribution in [2.75, 3.05) is 0 Å². The third kappa shape index (κ3) is 1.50. The standard InChI is InChI=1S/C14H7N2S.Ir/c1-2-5-11-9(4-1)10-6-3-7-15-13(10)12-8-17-16-14(11)12;/h1-7H;/q-1;. The van der Waals surface area contributed by atoms with Crippen LogP contribution < -0.4 is 0 Å². The van der Waals surface area contributed by atoms with Crippen molar-refractivity contribution in [3.63, 3.8) is 0 Å². The molecule has 0 N–H and O–H groups in total. The summed E-state index contributed by atoms with van der Waals surface area (Å²) in [6.45, 7) is 0. The Morgan fingerprint density at radius 2 is 1.61 bits per heavy atom. The molecule has 0 spiro atoms. The van der Waals surface area contributed by atoms with Crippen LogP contribution in [0, 0.1) is 5.38 Å². The van der Waals surface area contributed by atoms with Crippen LogP contribution in [-0.4, -0.2) is 9.36 Å². The summed E-state index contributed by atoms with van der Waals surface area (Å²) >= 11 is 1.37. The van der Waals surface area contributed by atoms with E-state index in [0.29, 0.717) is 0 Å². The Labute approximate surface area is 121 Å². The minimum absolute atomic E-state index is 0. The third-order valence-corrected chi connectivity index (χ3v) is 3.61. The van der Waals surface area contributed by atoms with Crippen molar-refractivity contribution in [1.82, 2.24) is 9.36 Å². The van der Waals surface area contributed by atoms with Crippen LogP contribution in [0.25, 0.3) is 32.6 Å². The molecule has 0 unspecified atom stereocenters. The molecule has 2 nitrogen and oxygen atoms in total. The Balaban J connectivity index is 0.000001000. The fourth-order valence-corrected chi connectivity index (χ4v) is 2.91. The zero-order valence-corrected chi connectivity index (χ0v) is 12.4. The van der Waals surface area contributed by atoms with Gasteiger partial charge in [-0.15, -0.1) is 16.9 Å². The monoisotopic (exact) mass is 428 g/mol. The Bertz CT molecular complexity index is 784. The van der Waals surface area contributed by atoms with Crippen LogP contribution >= 0.6 is 11.5 Å². The molecule has 4 heteroatoms. The molecule has 0 bridgehead atoms. The summed E-state index contributed by atoms with van der Waals surface area (Å²) in [6.07, 6.45) is 1.82. The molecule has 0 aliphatic heterocycles. The molecule has 1 radical (unpaired) electrons. The van der Waals surface area contributed by atoms with Crippen LogP contribution in [0.4, 0.5) is 0 Å². The molecule has 0 atom stereocenters.